The maximum absolute atomic E-state index is 13.7. The SMILES string of the molecule is CC(C)NC(=O)c1csc(-c2cccc(OCc3ccc(F)cc3F)c2)n1. The molecule has 0 atom stereocenters. The van der Waals surface area contributed by atoms with Gasteiger partial charge in [-0.2, -0.15) is 0 Å². The fourth-order valence-corrected chi connectivity index (χ4v) is 3.16. The van der Waals surface area contributed by atoms with Gasteiger partial charge >= 0.3 is 0 Å². The van der Waals surface area contributed by atoms with Crippen LogP contribution in [0, 0.1) is 11.6 Å². The van der Waals surface area contributed by atoms with Crippen LogP contribution in [0.2, 0.25) is 0 Å². The van der Waals surface area contributed by atoms with Gasteiger partial charge in [0.2, 0.25) is 0 Å². The Hall–Kier alpha value is -2.80. The molecular formula is C20H18F2N2O2S. The standard InChI is InChI=1S/C20H18F2N2O2S/c1-12(2)23-19(25)18-11-27-20(24-18)13-4-3-5-16(8-13)26-10-14-6-7-15(21)9-17(14)22/h3-9,11-12H,10H2,1-2H3,(H,23,25). The molecule has 0 radical (unpaired) electrons. The predicted octanol–water partition coefficient (Wildman–Crippen LogP) is 4.81. The number of benzene rings is 2. The maximum atomic E-state index is 13.7. The molecule has 0 spiro atoms. The van der Waals surface area contributed by atoms with Crippen molar-refractivity contribution < 1.29 is 18.3 Å². The number of nitrogens with zero attached hydrogens (tertiary/aromatic N) is 1. The van der Waals surface area contributed by atoms with Crippen molar-refractivity contribution in [2.45, 2.75) is 26.5 Å². The molecule has 0 aliphatic rings. The second kappa shape index (κ2) is 8.26. The van der Waals surface area contributed by atoms with Crippen molar-refractivity contribution in [2.75, 3.05) is 0 Å². The van der Waals surface area contributed by atoms with E-state index in [9.17, 15) is 13.6 Å². The molecule has 1 amide bonds. The summed E-state index contributed by atoms with van der Waals surface area (Å²) in [6.07, 6.45) is 0. The Labute approximate surface area is 159 Å². The smallest absolute Gasteiger partial charge is 0.270 e. The van der Waals surface area contributed by atoms with E-state index in [4.69, 9.17) is 4.74 Å². The number of nitrogens with one attached hydrogen (secondary N) is 1. The summed E-state index contributed by atoms with van der Waals surface area (Å²) in [6, 6.07) is 10.6. The third-order valence-electron chi connectivity index (χ3n) is 3.65. The number of hydrogen-bond acceptors (Lipinski definition) is 4. The predicted molar refractivity (Wildman–Crippen MR) is 101 cm³/mol. The van der Waals surface area contributed by atoms with E-state index in [1.165, 1.54) is 23.5 Å². The highest BCUT2D eigenvalue weighted by Gasteiger charge is 2.13. The highest BCUT2D eigenvalue weighted by Crippen LogP contribution is 2.27. The molecule has 0 saturated carbocycles. The van der Waals surface area contributed by atoms with Gasteiger partial charge in [-0.3, -0.25) is 4.79 Å². The van der Waals surface area contributed by atoms with Gasteiger partial charge in [0, 0.05) is 28.6 Å². The van der Waals surface area contributed by atoms with E-state index in [-0.39, 0.29) is 24.1 Å². The van der Waals surface area contributed by atoms with Gasteiger partial charge in [0.15, 0.2) is 0 Å². The highest BCUT2D eigenvalue weighted by molar-refractivity contribution is 7.13. The Morgan fingerprint density at radius 2 is 2.04 bits per heavy atom. The number of aromatic nitrogens is 1. The first-order chi connectivity index (χ1) is 12.9. The van der Waals surface area contributed by atoms with Gasteiger partial charge < -0.3 is 10.1 Å². The lowest BCUT2D eigenvalue weighted by Gasteiger charge is -2.08. The number of amides is 1. The topological polar surface area (TPSA) is 51.2 Å². The first-order valence-electron chi connectivity index (χ1n) is 8.36. The molecule has 27 heavy (non-hydrogen) atoms. The second-order valence-corrected chi connectivity index (χ2v) is 7.08. The number of carbonyl (C=O) groups is 1. The zero-order chi connectivity index (χ0) is 19.4. The van der Waals surface area contributed by atoms with Crippen LogP contribution in [0.25, 0.3) is 10.6 Å². The summed E-state index contributed by atoms with van der Waals surface area (Å²) in [7, 11) is 0. The zero-order valence-corrected chi connectivity index (χ0v) is 15.6. The van der Waals surface area contributed by atoms with Crippen molar-refractivity contribution in [1.82, 2.24) is 10.3 Å². The molecule has 0 bridgehead atoms. The van der Waals surface area contributed by atoms with Crippen molar-refractivity contribution >= 4 is 17.2 Å². The van der Waals surface area contributed by atoms with Crippen molar-refractivity contribution in [3.05, 3.63) is 70.7 Å². The van der Waals surface area contributed by atoms with Crippen LogP contribution in [0.4, 0.5) is 8.78 Å². The molecule has 1 heterocycles. The van der Waals surface area contributed by atoms with Gasteiger partial charge in [0.25, 0.3) is 5.91 Å². The summed E-state index contributed by atoms with van der Waals surface area (Å²) in [4.78, 5) is 16.4. The van der Waals surface area contributed by atoms with Crippen molar-refractivity contribution in [3.8, 4) is 16.3 Å². The van der Waals surface area contributed by atoms with Gasteiger partial charge in [-0.25, -0.2) is 13.8 Å². The van der Waals surface area contributed by atoms with Crippen LogP contribution < -0.4 is 10.1 Å². The normalized spacial score (nSPS) is 10.9. The van der Waals surface area contributed by atoms with E-state index >= 15 is 0 Å². The minimum absolute atomic E-state index is 0.0184. The van der Waals surface area contributed by atoms with Crippen LogP contribution in [-0.2, 0) is 6.61 Å². The maximum Gasteiger partial charge on any atom is 0.270 e. The van der Waals surface area contributed by atoms with Crippen LogP contribution >= 0.6 is 11.3 Å². The lowest BCUT2D eigenvalue weighted by Crippen LogP contribution is -2.30. The minimum Gasteiger partial charge on any atom is -0.489 e. The number of halogens is 2. The summed E-state index contributed by atoms with van der Waals surface area (Å²) in [5, 5.41) is 5.19. The van der Waals surface area contributed by atoms with Gasteiger partial charge in [-0.1, -0.05) is 12.1 Å². The molecule has 7 heteroatoms. The largest absolute Gasteiger partial charge is 0.489 e. The van der Waals surface area contributed by atoms with Gasteiger partial charge in [0.1, 0.15) is 34.7 Å². The van der Waals surface area contributed by atoms with Crippen LogP contribution in [0.1, 0.15) is 29.9 Å². The van der Waals surface area contributed by atoms with Crippen molar-refractivity contribution in [2.24, 2.45) is 0 Å². The fraction of sp³-hybridized carbons (Fsp3) is 0.200. The fourth-order valence-electron chi connectivity index (χ4n) is 2.37. The quantitative estimate of drug-likeness (QED) is 0.660. The van der Waals surface area contributed by atoms with Crippen molar-refractivity contribution in [3.63, 3.8) is 0 Å². The van der Waals surface area contributed by atoms with E-state index in [2.05, 4.69) is 10.3 Å². The molecule has 2 aromatic carbocycles. The molecular weight excluding hydrogens is 370 g/mol. The molecule has 1 N–H and O–H groups in total. The summed E-state index contributed by atoms with van der Waals surface area (Å²) >= 11 is 1.36. The summed E-state index contributed by atoms with van der Waals surface area (Å²) in [5.41, 5.74) is 1.42. The van der Waals surface area contributed by atoms with E-state index in [0.717, 1.165) is 11.6 Å². The summed E-state index contributed by atoms with van der Waals surface area (Å²) < 4.78 is 32.3. The van der Waals surface area contributed by atoms with Gasteiger partial charge in [-0.15, -0.1) is 11.3 Å². The van der Waals surface area contributed by atoms with Crippen LogP contribution in [-0.4, -0.2) is 16.9 Å². The minimum atomic E-state index is -0.646. The Bertz CT molecular complexity index is 957. The molecule has 0 unspecified atom stereocenters. The zero-order valence-electron chi connectivity index (χ0n) is 14.8. The molecule has 4 nitrogen and oxygen atoms in total. The summed E-state index contributed by atoms with van der Waals surface area (Å²) in [6.45, 7) is 3.75. The monoisotopic (exact) mass is 388 g/mol. The average molecular weight is 388 g/mol. The lowest BCUT2D eigenvalue weighted by atomic mass is 10.2. The first-order valence-corrected chi connectivity index (χ1v) is 9.24. The van der Waals surface area contributed by atoms with Gasteiger partial charge in [0.05, 0.1) is 0 Å². The second-order valence-electron chi connectivity index (χ2n) is 6.22. The molecule has 0 aliphatic heterocycles. The van der Waals surface area contributed by atoms with Crippen LogP contribution in [0.5, 0.6) is 5.75 Å². The third kappa shape index (κ3) is 4.89. The van der Waals surface area contributed by atoms with Crippen LogP contribution in [0.15, 0.2) is 47.8 Å². The van der Waals surface area contributed by atoms with E-state index in [0.29, 0.717) is 16.5 Å². The molecule has 3 aromatic rings. The number of ether oxygens (including phenoxy) is 1. The summed E-state index contributed by atoms with van der Waals surface area (Å²) in [5.74, 6) is -0.961. The van der Waals surface area contributed by atoms with E-state index in [1.54, 1.807) is 23.6 Å². The van der Waals surface area contributed by atoms with E-state index < -0.39 is 11.6 Å². The molecule has 3 rings (SSSR count). The number of hydrogen-bond donors (Lipinski definition) is 1. The Balaban J connectivity index is 1.72. The van der Waals surface area contributed by atoms with Gasteiger partial charge in [-0.05, 0) is 38.1 Å². The van der Waals surface area contributed by atoms with Crippen LogP contribution in [0.3, 0.4) is 0 Å². The lowest BCUT2D eigenvalue weighted by molar-refractivity contribution is 0.0939. The Morgan fingerprint density at radius 3 is 2.78 bits per heavy atom. The van der Waals surface area contributed by atoms with E-state index in [1.807, 2.05) is 19.9 Å². The molecule has 0 saturated heterocycles. The molecule has 140 valence electrons. The third-order valence-corrected chi connectivity index (χ3v) is 4.54. The Kier molecular flexibility index (Phi) is 5.81. The number of thiazole rings is 1. The average Bonchev–Trinajstić information content (AvgIpc) is 3.11. The molecule has 0 aliphatic carbocycles. The Morgan fingerprint density at radius 1 is 1.22 bits per heavy atom. The molecule has 1 aromatic heterocycles. The van der Waals surface area contributed by atoms with Crippen molar-refractivity contribution in [1.29, 1.82) is 0 Å². The highest BCUT2D eigenvalue weighted by atomic mass is 32.1. The molecule has 0 fully saturated rings. The number of carbonyl (C=O) groups excluding carboxylic acids is 1. The number of rotatable bonds is 6. The first kappa shape index (κ1) is 19.0.